The summed E-state index contributed by atoms with van der Waals surface area (Å²) in [4.78, 5) is 27.4. The van der Waals surface area contributed by atoms with Gasteiger partial charge in [0, 0.05) is 0 Å². The Morgan fingerprint density at radius 1 is 1.26 bits per heavy atom. The lowest BCUT2D eigenvalue weighted by Gasteiger charge is -2.19. The van der Waals surface area contributed by atoms with Crippen LogP contribution in [0.2, 0.25) is 0 Å². The van der Waals surface area contributed by atoms with Crippen LogP contribution in [0.5, 0.6) is 0 Å². The predicted molar refractivity (Wildman–Crippen MR) is 69.2 cm³/mol. The Morgan fingerprint density at radius 3 is 2.42 bits per heavy atom. The van der Waals surface area contributed by atoms with Gasteiger partial charge in [-0.05, 0) is 11.5 Å². The summed E-state index contributed by atoms with van der Waals surface area (Å²) in [7, 11) is 0. The van der Waals surface area contributed by atoms with Crippen molar-refractivity contribution < 1.29 is 19.5 Å². The van der Waals surface area contributed by atoms with Gasteiger partial charge in [-0.2, -0.15) is 0 Å². The van der Waals surface area contributed by atoms with Gasteiger partial charge in [0.15, 0.2) is 0 Å². The van der Waals surface area contributed by atoms with Crippen molar-refractivity contribution in [1.29, 1.82) is 0 Å². The molecule has 0 saturated heterocycles. The van der Waals surface area contributed by atoms with Gasteiger partial charge in [0.1, 0.15) is 6.04 Å². The first-order chi connectivity index (χ1) is 9.00. The van der Waals surface area contributed by atoms with E-state index in [1.807, 2.05) is 30.3 Å². The minimum Gasteiger partial charge on any atom is -0.465 e. The summed E-state index contributed by atoms with van der Waals surface area (Å²) >= 11 is 0. The van der Waals surface area contributed by atoms with E-state index in [1.54, 1.807) is 13.8 Å². The van der Waals surface area contributed by atoms with Crippen molar-refractivity contribution in [2.75, 3.05) is 0 Å². The fraction of sp³-hybridized carbons (Fsp3) is 0.385. The normalized spacial score (nSPS) is 11.9. The molecule has 0 saturated carbocycles. The van der Waals surface area contributed by atoms with E-state index in [2.05, 4.69) is 10.8 Å². The van der Waals surface area contributed by atoms with Gasteiger partial charge in [-0.25, -0.2) is 10.3 Å². The standard InChI is InChI=1S/C13H18N2O4/c1-9(2)11(14-13(17)18)12(16)15-19-8-10-6-4-3-5-7-10/h3-7,9,11,14H,8H2,1-2H3,(H,15,16)(H,17,18). The first-order valence-electron chi connectivity index (χ1n) is 5.95. The minimum atomic E-state index is -1.24. The van der Waals surface area contributed by atoms with Crippen LogP contribution in [0, 0.1) is 5.92 Å². The monoisotopic (exact) mass is 266 g/mol. The molecular formula is C13H18N2O4. The fourth-order valence-corrected chi connectivity index (χ4v) is 1.50. The molecule has 104 valence electrons. The van der Waals surface area contributed by atoms with Crippen LogP contribution in [0.4, 0.5) is 4.79 Å². The molecule has 6 nitrogen and oxygen atoms in total. The lowest BCUT2D eigenvalue weighted by Crippen LogP contribution is -2.49. The molecule has 1 unspecified atom stereocenters. The number of benzene rings is 1. The Morgan fingerprint density at radius 2 is 1.89 bits per heavy atom. The highest BCUT2D eigenvalue weighted by Gasteiger charge is 2.24. The van der Waals surface area contributed by atoms with E-state index in [4.69, 9.17) is 9.94 Å². The second-order valence-corrected chi connectivity index (χ2v) is 4.41. The number of hydroxylamine groups is 1. The smallest absolute Gasteiger partial charge is 0.405 e. The van der Waals surface area contributed by atoms with Crippen LogP contribution in [0.25, 0.3) is 0 Å². The predicted octanol–water partition coefficient (Wildman–Crippen LogP) is 1.53. The molecule has 19 heavy (non-hydrogen) atoms. The van der Waals surface area contributed by atoms with Gasteiger partial charge in [-0.15, -0.1) is 0 Å². The summed E-state index contributed by atoms with van der Waals surface area (Å²) in [5, 5.41) is 10.8. The van der Waals surface area contributed by atoms with E-state index >= 15 is 0 Å². The van der Waals surface area contributed by atoms with Gasteiger partial charge in [0.25, 0.3) is 5.91 Å². The third-order valence-electron chi connectivity index (χ3n) is 2.48. The summed E-state index contributed by atoms with van der Waals surface area (Å²) < 4.78 is 0. The van der Waals surface area contributed by atoms with Crippen molar-refractivity contribution in [3.05, 3.63) is 35.9 Å². The van der Waals surface area contributed by atoms with Gasteiger partial charge >= 0.3 is 6.09 Å². The number of carbonyl (C=O) groups excluding carboxylic acids is 1. The van der Waals surface area contributed by atoms with Gasteiger partial charge < -0.3 is 10.4 Å². The maximum absolute atomic E-state index is 11.7. The molecule has 0 aliphatic carbocycles. The summed E-state index contributed by atoms with van der Waals surface area (Å²) in [6.45, 7) is 3.72. The molecular weight excluding hydrogens is 248 g/mol. The first kappa shape index (κ1) is 15.0. The number of nitrogens with one attached hydrogen (secondary N) is 2. The van der Waals surface area contributed by atoms with Gasteiger partial charge in [-0.3, -0.25) is 9.63 Å². The summed E-state index contributed by atoms with van der Waals surface area (Å²) in [6.07, 6.45) is -1.24. The summed E-state index contributed by atoms with van der Waals surface area (Å²) in [5.74, 6) is -0.676. The SMILES string of the molecule is CC(C)C(NC(=O)O)C(=O)NOCc1ccccc1. The zero-order valence-corrected chi connectivity index (χ0v) is 10.9. The third-order valence-corrected chi connectivity index (χ3v) is 2.48. The molecule has 0 aliphatic heterocycles. The lowest BCUT2D eigenvalue weighted by molar-refractivity contribution is -0.137. The number of hydrogen-bond donors (Lipinski definition) is 3. The van der Waals surface area contributed by atoms with Crippen molar-refractivity contribution in [3.63, 3.8) is 0 Å². The van der Waals surface area contributed by atoms with E-state index < -0.39 is 18.0 Å². The number of hydrogen-bond acceptors (Lipinski definition) is 3. The Kier molecular flexibility index (Phi) is 5.81. The number of carboxylic acid groups (broad SMARTS) is 1. The molecule has 2 amide bonds. The average Bonchev–Trinajstić information content (AvgIpc) is 2.36. The summed E-state index contributed by atoms with van der Waals surface area (Å²) in [5.41, 5.74) is 3.17. The van der Waals surface area contributed by atoms with Crippen LogP contribution >= 0.6 is 0 Å². The molecule has 0 aromatic heterocycles. The Hall–Kier alpha value is -2.08. The number of amides is 2. The van der Waals surface area contributed by atoms with Crippen molar-refractivity contribution in [2.45, 2.75) is 26.5 Å². The largest absolute Gasteiger partial charge is 0.465 e. The fourth-order valence-electron chi connectivity index (χ4n) is 1.50. The molecule has 0 spiro atoms. The number of rotatable bonds is 6. The molecule has 1 atom stereocenters. The second kappa shape index (κ2) is 7.38. The van der Waals surface area contributed by atoms with Crippen molar-refractivity contribution >= 4 is 12.0 Å². The molecule has 0 heterocycles. The van der Waals surface area contributed by atoms with E-state index in [-0.39, 0.29) is 12.5 Å². The molecule has 6 heteroatoms. The highest BCUT2D eigenvalue weighted by molar-refractivity contribution is 5.84. The van der Waals surface area contributed by atoms with Gasteiger partial charge in [0.05, 0.1) is 6.61 Å². The van der Waals surface area contributed by atoms with E-state index in [0.29, 0.717) is 0 Å². The average molecular weight is 266 g/mol. The molecule has 1 aromatic rings. The zero-order valence-electron chi connectivity index (χ0n) is 10.9. The molecule has 0 bridgehead atoms. The summed E-state index contributed by atoms with van der Waals surface area (Å²) in [6, 6.07) is 8.50. The maximum Gasteiger partial charge on any atom is 0.405 e. The van der Waals surface area contributed by atoms with E-state index in [9.17, 15) is 9.59 Å². The molecule has 0 radical (unpaired) electrons. The molecule has 0 aliphatic rings. The highest BCUT2D eigenvalue weighted by atomic mass is 16.6. The molecule has 1 aromatic carbocycles. The lowest BCUT2D eigenvalue weighted by atomic mass is 10.0. The van der Waals surface area contributed by atoms with Crippen LogP contribution in [-0.4, -0.2) is 23.1 Å². The Balaban J connectivity index is 2.42. The maximum atomic E-state index is 11.7. The highest BCUT2D eigenvalue weighted by Crippen LogP contribution is 2.03. The Bertz CT molecular complexity index is 420. The third kappa shape index (κ3) is 5.39. The molecule has 1 rings (SSSR count). The van der Waals surface area contributed by atoms with Gasteiger partial charge in [-0.1, -0.05) is 44.2 Å². The van der Waals surface area contributed by atoms with Crippen molar-refractivity contribution in [1.82, 2.24) is 10.8 Å². The van der Waals surface area contributed by atoms with Crippen molar-refractivity contribution in [3.8, 4) is 0 Å². The number of carbonyl (C=O) groups is 2. The molecule has 0 fully saturated rings. The Labute approximate surface area is 111 Å². The first-order valence-corrected chi connectivity index (χ1v) is 5.95. The van der Waals surface area contributed by atoms with E-state index in [1.165, 1.54) is 0 Å². The minimum absolute atomic E-state index is 0.170. The van der Waals surface area contributed by atoms with Gasteiger partial charge in [0.2, 0.25) is 0 Å². The zero-order chi connectivity index (χ0) is 14.3. The van der Waals surface area contributed by atoms with Crippen LogP contribution in [0.3, 0.4) is 0 Å². The van der Waals surface area contributed by atoms with E-state index in [0.717, 1.165) is 5.56 Å². The molecule has 3 N–H and O–H groups in total. The van der Waals surface area contributed by atoms with Crippen molar-refractivity contribution in [2.24, 2.45) is 5.92 Å². The second-order valence-electron chi connectivity index (χ2n) is 4.41. The quantitative estimate of drug-likeness (QED) is 0.681. The topological polar surface area (TPSA) is 87.7 Å². The van der Waals surface area contributed by atoms with Crippen LogP contribution in [-0.2, 0) is 16.2 Å². The van der Waals surface area contributed by atoms with Crippen LogP contribution in [0.15, 0.2) is 30.3 Å². The van der Waals surface area contributed by atoms with Crippen LogP contribution < -0.4 is 10.8 Å². The van der Waals surface area contributed by atoms with Crippen LogP contribution in [0.1, 0.15) is 19.4 Å².